The third-order valence-electron chi connectivity index (χ3n) is 6.83. The molecule has 2 aromatic rings. The smallest absolute Gasteiger partial charge is 0.226 e. The van der Waals surface area contributed by atoms with Crippen molar-refractivity contribution >= 4 is 17.3 Å². The summed E-state index contributed by atoms with van der Waals surface area (Å²) in [5.74, 6) is 0.369. The van der Waals surface area contributed by atoms with Gasteiger partial charge in [-0.05, 0) is 67.6 Å². The molecule has 5 nitrogen and oxygen atoms in total. The summed E-state index contributed by atoms with van der Waals surface area (Å²) in [4.78, 5) is 19.4. The van der Waals surface area contributed by atoms with Crippen LogP contribution >= 0.6 is 0 Å². The molecule has 0 bridgehead atoms. The maximum absolute atomic E-state index is 13.2. The minimum Gasteiger partial charge on any atom is -0.372 e. The molecule has 1 amide bonds. The highest BCUT2D eigenvalue weighted by atomic mass is 19.1. The highest BCUT2D eigenvalue weighted by molar-refractivity contribution is 5.92. The third-order valence-corrected chi connectivity index (χ3v) is 6.83. The van der Waals surface area contributed by atoms with Crippen LogP contribution in [-0.2, 0) is 11.3 Å². The van der Waals surface area contributed by atoms with Gasteiger partial charge in [-0.3, -0.25) is 9.69 Å². The van der Waals surface area contributed by atoms with Gasteiger partial charge in [0, 0.05) is 70.2 Å². The zero-order chi connectivity index (χ0) is 22.5. The van der Waals surface area contributed by atoms with Crippen molar-refractivity contribution in [3.05, 3.63) is 59.9 Å². The SMILES string of the molecule is C[C@H]1CN(Cc2ccc(N(C)C(=O)CC3CCN(c4ccc(F)cc4)CC3)cc2)CCN1. The number of anilines is 2. The average molecular weight is 439 g/mol. The first-order valence-corrected chi connectivity index (χ1v) is 11.8. The Kier molecular flexibility index (Phi) is 7.43. The van der Waals surface area contributed by atoms with Gasteiger partial charge < -0.3 is 15.1 Å². The highest BCUT2D eigenvalue weighted by Crippen LogP contribution is 2.27. The Morgan fingerprint density at radius 3 is 2.41 bits per heavy atom. The van der Waals surface area contributed by atoms with Crippen LogP contribution in [0, 0.1) is 11.7 Å². The number of amides is 1. The van der Waals surface area contributed by atoms with E-state index in [9.17, 15) is 9.18 Å². The second kappa shape index (κ2) is 10.5. The zero-order valence-electron chi connectivity index (χ0n) is 19.3. The van der Waals surface area contributed by atoms with E-state index < -0.39 is 0 Å². The molecule has 1 atom stereocenters. The van der Waals surface area contributed by atoms with E-state index in [1.807, 2.05) is 19.2 Å². The normalized spacial score (nSPS) is 20.3. The molecule has 32 heavy (non-hydrogen) atoms. The summed E-state index contributed by atoms with van der Waals surface area (Å²) in [6.45, 7) is 8.18. The minimum atomic E-state index is -0.205. The van der Waals surface area contributed by atoms with E-state index in [4.69, 9.17) is 0 Å². The zero-order valence-corrected chi connectivity index (χ0v) is 19.3. The number of rotatable bonds is 6. The number of hydrogen-bond donors (Lipinski definition) is 1. The second-order valence-electron chi connectivity index (χ2n) is 9.32. The monoisotopic (exact) mass is 438 g/mol. The van der Waals surface area contributed by atoms with Crippen molar-refractivity contribution in [3.8, 4) is 0 Å². The van der Waals surface area contributed by atoms with Crippen LogP contribution in [0.3, 0.4) is 0 Å². The summed E-state index contributed by atoms with van der Waals surface area (Å²) in [5, 5.41) is 3.48. The number of hydrogen-bond acceptors (Lipinski definition) is 4. The fourth-order valence-electron chi connectivity index (χ4n) is 4.81. The maximum Gasteiger partial charge on any atom is 0.226 e. The number of carbonyl (C=O) groups is 1. The molecule has 6 heteroatoms. The Labute approximate surface area is 191 Å². The Balaban J connectivity index is 1.25. The van der Waals surface area contributed by atoms with Crippen LogP contribution in [0.15, 0.2) is 48.5 Å². The molecule has 0 aromatic heterocycles. The lowest BCUT2D eigenvalue weighted by Crippen LogP contribution is -2.48. The molecular weight excluding hydrogens is 403 g/mol. The average Bonchev–Trinajstić information content (AvgIpc) is 2.80. The summed E-state index contributed by atoms with van der Waals surface area (Å²) in [6, 6.07) is 15.6. The number of carbonyl (C=O) groups excluding carboxylic acids is 1. The largest absolute Gasteiger partial charge is 0.372 e. The van der Waals surface area contributed by atoms with E-state index in [-0.39, 0.29) is 11.7 Å². The number of benzene rings is 2. The molecule has 2 saturated heterocycles. The Morgan fingerprint density at radius 2 is 1.75 bits per heavy atom. The van der Waals surface area contributed by atoms with Crippen molar-refractivity contribution in [2.75, 3.05) is 49.6 Å². The topological polar surface area (TPSA) is 38.8 Å². The van der Waals surface area contributed by atoms with Crippen molar-refractivity contribution in [3.63, 3.8) is 0 Å². The van der Waals surface area contributed by atoms with E-state index in [2.05, 4.69) is 46.3 Å². The van der Waals surface area contributed by atoms with E-state index in [1.54, 1.807) is 4.90 Å². The molecule has 4 rings (SSSR count). The van der Waals surface area contributed by atoms with Crippen LogP contribution < -0.4 is 15.1 Å². The van der Waals surface area contributed by atoms with Gasteiger partial charge in [0.25, 0.3) is 0 Å². The standard InChI is InChI=1S/C26H35FN4O/c1-20-18-30(16-13-28-20)19-22-3-7-24(8-4-22)29(2)26(32)17-21-11-14-31(15-12-21)25-9-5-23(27)6-10-25/h3-10,20-21,28H,11-19H2,1-2H3/t20-/m0/s1. The first-order valence-electron chi connectivity index (χ1n) is 11.8. The van der Waals surface area contributed by atoms with Crippen molar-refractivity contribution < 1.29 is 9.18 Å². The lowest BCUT2D eigenvalue weighted by molar-refractivity contribution is -0.119. The predicted molar refractivity (Wildman–Crippen MR) is 129 cm³/mol. The van der Waals surface area contributed by atoms with Gasteiger partial charge in [-0.15, -0.1) is 0 Å². The number of halogens is 1. The van der Waals surface area contributed by atoms with Crippen LogP contribution in [0.2, 0.25) is 0 Å². The summed E-state index contributed by atoms with van der Waals surface area (Å²) in [7, 11) is 1.88. The highest BCUT2D eigenvalue weighted by Gasteiger charge is 2.24. The van der Waals surface area contributed by atoms with Gasteiger partial charge >= 0.3 is 0 Å². The van der Waals surface area contributed by atoms with Gasteiger partial charge in [0.05, 0.1) is 0 Å². The first-order chi connectivity index (χ1) is 15.5. The second-order valence-corrected chi connectivity index (χ2v) is 9.32. The molecule has 2 heterocycles. The van der Waals surface area contributed by atoms with Crippen LogP contribution in [0.5, 0.6) is 0 Å². The van der Waals surface area contributed by atoms with Crippen LogP contribution in [-0.4, -0.2) is 56.6 Å². The number of piperidine rings is 1. The summed E-state index contributed by atoms with van der Waals surface area (Å²) >= 11 is 0. The fourth-order valence-corrected chi connectivity index (χ4v) is 4.81. The molecule has 2 aliphatic rings. The Hall–Kier alpha value is -2.44. The van der Waals surface area contributed by atoms with Crippen LogP contribution in [0.4, 0.5) is 15.8 Å². The van der Waals surface area contributed by atoms with Crippen LogP contribution in [0.1, 0.15) is 31.7 Å². The van der Waals surface area contributed by atoms with Gasteiger partial charge in [-0.1, -0.05) is 12.1 Å². The Bertz CT molecular complexity index is 878. The molecule has 1 N–H and O–H groups in total. The lowest BCUT2D eigenvalue weighted by Gasteiger charge is -2.34. The minimum absolute atomic E-state index is 0.175. The fraction of sp³-hybridized carbons (Fsp3) is 0.500. The van der Waals surface area contributed by atoms with Gasteiger partial charge in [0.2, 0.25) is 5.91 Å². The van der Waals surface area contributed by atoms with Crippen molar-refractivity contribution in [2.24, 2.45) is 5.92 Å². The Morgan fingerprint density at radius 1 is 1.06 bits per heavy atom. The summed E-state index contributed by atoms with van der Waals surface area (Å²) in [5.41, 5.74) is 3.30. The molecule has 2 aliphatic heterocycles. The molecule has 0 radical (unpaired) electrons. The van der Waals surface area contributed by atoms with E-state index in [0.29, 0.717) is 18.4 Å². The molecule has 0 aliphatic carbocycles. The first kappa shape index (κ1) is 22.7. The molecule has 0 unspecified atom stereocenters. The van der Waals surface area contributed by atoms with Gasteiger partial charge in [0.1, 0.15) is 5.82 Å². The lowest BCUT2D eigenvalue weighted by atomic mass is 9.92. The molecule has 0 saturated carbocycles. The molecule has 2 fully saturated rings. The number of piperazine rings is 1. The third kappa shape index (κ3) is 5.87. The predicted octanol–water partition coefficient (Wildman–Crippen LogP) is 3.89. The molecule has 172 valence electrons. The van der Waals surface area contributed by atoms with E-state index in [0.717, 1.165) is 63.5 Å². The van der Waals surface area contributed by atoms with Gasteiger partial charge in [0.15, 0.2) is 0 Å². The van der Waals surface area contributed by atoms with Crippen molar-refractivity contribution in [1.82, 2.24) is 10.2 Å². The van der Waals surface area contributed by atoms with E-state index in [1.165, 1.54) is 17.7 Å². The van der Waals surface area contributed by atoms with Crippen molar-refractivity contribution in [1.29, 1.82) is 0 Å². The molecular formula is C26H35FN4O. The number of nitrogens with zero attached hydrogens (tertiary/aromatic N) is 3. The molecule has 2 aromatic carbocycles. The van der Waals surface area contributed by atoms with Crippen molar-refractivity contribution in [2.45, 2.75) is 38.8 Å². The van der Waals surface area contributed by atoms with Crippen LogP contribution in [0.25, 0.3) is 0 Å². The van der Waals surface area contributed by atoms with Gasteiger partial charge in [-0.25, -0.2) is 4.39 Å². The van der Waals surface area contributed by atoms with E-state index >= 15 is 0 Å². The summed E-state index contributed by atoms with van der Waals surface area (Å²) < 4.78 is 13.2. The number of nitrogens with one attached hydrogen (secondary N) is 1. The summed E-state index contributed by atoms with van der Waals surface area (Å²) in [6.07, 6.45) is 2.55. The van der Waals surface area contributed by atoms with Gasteiger partial charge in [-0.2, -0.15) is 0 Å². The molecule has 0 spiro atoms. The quantitative estimate of drug-likeness (QED) is 0.743. The maximum atomic E-state index is 13.2.